The van der Waals surface area contributed by atoms with Crippen molar-refractivity contribution in [2.24, 2.45) is 10.2 Å². The van der Waals surface area contributed by atoms with E-state index < -0.39 is 35.7 Å². The van der Waals surface area contributed by atoms with Gasteiger partial charge in [0, 0.05) is 16.8 Å². The molecule has 14 nitrogen and oxygen atoms in total. The van der Waals surface area contributed by atoms with Gasteiger partial charge in [-0.2, -0.15) is 21.9 Å². The lowest BCUT2D eigenvalue weighted by Gasteiger charge is -2.14. The first kappa shape index (κ1) is 33.9. The van der Waals surface area contributed by atoms with E-state index in [1.165, 1.54) is 30.3 Å². The van der Waals surface area contributed by atoms with Crippen LogP contribution in [-0.4, -0.2) is 43.7 Å². The standard InChI is InChI=1S/C29H25N3O8S2.O3S/c1-16-6-8-18(9-7-16)15-40-26-13-19(41(34,35)36)12-22-17(2)23(11-10-20(22)26)31-32-24-14-27(42(37,38)39)21-4-3-5-25(33)28(21)29(24)30;1-4(2)3/h3-14,33H,15,30H2,1-2H3,(H,34,35,36)(H,37,38,39);. The maximum Gasteiger partial charge on any atom is 0.425 e. The highest BCUT2D eigenvalue weighted by atomic mass is 32.2. The van der Waals surface area contributed by atoms with Crippen LogP contribution in [0.25, 0.3) is 21.5 Å². The highest BCUT2D eigenvalue weighted by Crippen LogP contribution is 2.42. The molecule has 17 heteroatoms. The van der Waals surface area contributed by atoms with E-state index in [2.05, 4.69) is 10.2 Å². The third kappa shape index (κ3) is 7.64. The van der Waals surface area contributed by atoms with Gasteiger partial charge in [0.1, 0.15) is 28.7 Å². The minimum absolute atomic E-state index is 0.00625. The zero-order chi connectivity index (χ0) is 34.0. The monoisotopic (exact) mass is 687 g/mol. The van der Waals surface area contributed by atoms with Crippen molar-refractivity contribution in [2.45, 2.75) is 30.2 Å². The predicted octanol–water partition coefficient (Wildman–Crippen LogP) is 5.38. The van der Waals surface area contributed by atoms with E-state index in [9.17, 15) is 31.0 Å². The smallest absolute Gasteiger partial charge is 0.425 e. The summed E-state index contributed by atoms with van der Waals surface area (Å²) < 4.78 is 99.2. The Morgan fingerprint density at radius 3 is 2.02 bits per heavy atom. The summed E-state index contributed by atoms with van der Waals surface area (Å²) in [6.07, 6.45) is 0. The molecule has 0 atom stereocenters. The van der Waals surface area contributed by atoms with Crippen molar-refractivity contribution in [1.29, 1.82) is 0 Å². The van der Waals surface area contributed by atoms with Gasteiger partial charge in [-0.1, -0.05) is 42.0 Å². The molecule has 240 valence electrons. The molecule has 0 unspecified atom stereocenters. The third-order valence-electron chi connectivity index (χ3n) is 6.79. The molecule has 0 fully saturated rings. The van der Waals surface area contributed by atoms with E-state index in [1.54, 1.807) is 19.1 Å². The zero-order valence-corrected chi connectivity index (χ0v) is 26.4. The lowest BCUT2D eigenvalue weighted by Crippen LogP contribution is -2.02. The first-order chi connectivity index (χ1) is 21.5. The van der Waals surface area contributed by atoms with Gasteiger partial charge in [-0.25, -0.2) is 0 Å². The van der Waals surface area contributed by atoms with Gasteiger partial charge in [0.2, 0.25) is 0 Å². The number of nitrogen functional groups attached to an aromatic ring is 1. The summed E-state index contributed by atoms with van der Waals surface area (Å²) in [5.74, 6) is -0.0934. The van der Waals surface area contributed by atoms with E-state index in [0.717, 1.165) is 17.2 Å². The van der Waals surface area contributed by atoms with Crippen molar-refractivity contribution in [1.82, 2.24) is 0 Å². The summed E-state index contributed by atoms with van der Waals surface area (Å²) in [5, 5.41) is 19.6. The normalized spacial score (nSPS) is 11.8. The summed E-state index contributed by atoms with van der Waals surface area (Å²) >= 11 is 0. The lowest BCUT2D eigenvalue weighted by atomic mass is 10.0. The fourth-order valence-corrected chi connectivity index (χ4v) is 5.80. The van der Waals surface area contributed by atoms with Crippen LogP contribution in [-0.2, 0) is 37.5 Å². The first-order valence-electron chi connectivity index (χ1n) is 12.9. The summed E-state index contributed by atoms with van der Waals surface area (Å²) in [4.78, 5) is -0.891. The van der Waals surface area contributed by atoms with Crippen LogP contribution in [0.3, 0.4) is 0 Å². The van der Waals surface area contributed by atoms with E-state index in [1.807, 2.05) is 31.2 Å². The van der Waals surface area contributed by atoms with E-state index in [0.29, 0.717) is 16.3 Å². The number of nitrogens with two attached hydrogens (primary N) is 1. The van der Waals surface area contributed by atoms with Crippen molar-refractivity contribution in [3.63, 3.8) is 0 Å². The van der Waals surface area contributed by atoms with E-state index >= 15 is 0 Å². The summed E-state index contributed by atoms with van der Waals surface area (Å²) in [6.45, 7) is 3.76. The topological polar surface area (TPSA) is 240 Å². The number of anilines is 1. The van der Waals surface area contributed by atoms with Crippen LogP contribution in [0.1, 0.15) is 16.7 Å². The summed E-state index contributed by atoms with van der Waals surface area (Å²) in [6, 6.07) is 18.6. The molecule has 0 spiro atoms. The van der Waals surface area contributed by atoms with Crippen LogP contribution in [0, 0.1) is 13.8 Å². The Morgan fingerprint density at radius 1 is 0.783 bits per heavy atom. The molecule has 0 aromatic heterocycles. The number of phenolic OH excluding ortho intramolecular Hbond substituents is 1. The zero-order valence-electron chi connectivity index (χ0n) is 23.9. The first-order valence-corrected chi connectivity index (χ1v) is 16.8. The van der Waals surface area contributed by atoms with Gasteiger partial charge in [0.25, 0.3) is 20.2 Å². The van der Waals surface area contributed by atoms with Crippen molar-refractivity contribution in [3.05, 3.63) is 89.5 Å². The van der Waals surface area contributed by atoms with Gasteiger partial charge in [-0.3, -0.25) is 9.11 Å². The van der Waals surface area contributed by atoms with Crippen molar-refractivity contribution < 1.29 is 48.4 Å². The van der Waals surface area contributed by atoms with Gasteiger partial charge in [-0.15, -0.1) is 17.7 Å². The molecule has 0 aliphatic rings. The van der Waals surface area contributed by atoms with Crippen LogP contribution in [0.2, 0.25) is 0 Å². The summed E-state index contributed by atoms with van der Waals surface area (Å²) in [7, 11) is -12.4. The Morgan fingerprint density at radius 2 is 1.41 bits per heavy atom. The number of aryl methyl sites for hydroxylation is 2. The number of rotatable bonds is 7. The van der Waals surface area contributed by atoms with Gasteiger partial charge < -0.3 is 15.6 Å². The number of hydrogen-bond donors (Lipinski definition) is 4. The number of hydrogen-bond acceptors (Lipinski definition) is 12. The van der Waals surface area contributed by atoms with E-state index in [-0.39, 0.29) is 50.8 Å². The average molecular weight is 688 g/mol. The molecule has 0 heterocycles. The number of phenols is 1. The number of benzene rings is 5. The summed E-state index contributed by atoms with van der Waals surface area (Å²) in [5.41, 5.74) is 8.67. The van der Waals surface area contributed by atoms with Gasteiger partial charge in [-0.05, 0) is 60.7 Å². The Balaban J connectivity index is 0.00000113. The fraction of sp³-hybridized carbons (Fsp3) is 0.103. The highest BCUT2D eigenvalue weighted by Gasteiger charge is 2.21. The van der Waals surface area contributed by atoms with Crippen LogP contribution >= 0.6 is 0 Å². The molecule has 5 rings (SSSR count). The van der Waals surface area contributed by atoms with Crippen molar-refractivity contribution >= 4 is 69.5 Å². The molecule has 0 aliphatic heterocycles. The average Bonchev–Trinajstić information content (AvgIpc) is 2.96. The van der Waals surface area contributed by atoms with Crippen LogP contribution in [0.4, 0.5) is 17.1 Å². The molecule has 5 N–H and O–H groups in total. The van der Waals surface area contributed by atoms with Crippen LogP contribution in [0.15, 0.2) is 92.8 Å². The molecule has 0 saturated heterocycles. The largest absolute Gasteiger partial charge is 0.507 e. The van der Waals surface area contributed by atoms with Crippen molar-refractivity contribution in [3.8, 4) is 11.5 Å². The minimum atomic E-state index is -4.72. The molecule has 46 heavy (non-hydrogen) atoms. The van der Waals surface area contributed by atoms with Crippen LogP contribution in [0.5, 0.6) is 11.5 Å². The second-order valence-corrected chi connectivity index (χ2v) is 13.1. The van der Waals surface area contributed by atoms with E-state index in [4.69, 9.17) is 23.1 Å². The molecule has 0 aliphatic carbocycles. The minimum Gasteiger partial charge on any atom is -0.507 e. The fourth-order valence-electron chi connectivity index (χ4n) is 4.57. The van der Waals surface area contributed by atoms with Crippen molar-refractivity contribution in [2.75, 3.05) is 5.73 Å². The maximum atomic E-state index is 12.1. The number of fused-ring (bicyclic) bond motifs is 2. The molecular weight excluding hydrogens is 663 g/mol. The highest BCUT2D eigenvalue weighted by molar-refractivity contribution is 7.86. The Bertz CT molecular complexity index is 2350. The Kier molecular flexibility index (Phi) is 9.74. The quantitative estimate of drug-likeness (QED) is 0.0957. The molecule has 0 bridgehead atoms. The molecular formula is C29H25N3O11S3. The molecule has 5 aromatic rings. The SMILES string of the molecule is Cc1ccc(COc2cc(S(=O)(=O)O)cc3c(C)c(N=Nc4cc(S(=O)(=O)O)c5cccc(O)c5c4N)ccc23)cc1.O=S(=O)=O. The van der Waals surface area contributed by atoms with Crippen LogP contribution < -0.4 is 10.5 Å². The Hall–Kier alpha value is -4.94. The second kappa shape index (κ2) is 13.2. The lowest BCUT2D eigenvalue weighted by molar-refractivity contribution is 0.309. The second-order valence-electron chi connectivity index (χ2n) is 9.86. The number of azo groups is 1. The maximum absolute atomic E-state index is 12.1. The third-order valence-corrected chi connectivity index (χ3v) is 8.51. The number of ether oxygens (including phenoxy) is 1. The number of nitrogens with zero attached hydrogens (tertiary/aromatic N) is 2. The predicted molar refractivity (Wildman–Crippen MR) is 168 cm³/mol. The van der Waals surface area contributed by atoms with Gasteiger partial charge >= 0.3 is 10.6 Å². The Labute approximate surface area is 264 Å². The molecule has 0 radical (unpaired) electrons. The van der Waals surface area contributed by atoms with Gasteiger partial charge in [0.05, 0.1) is 21.7 Å². The number of aromatic hydroxyl groups is 1. The molecule has 0 saturated carbocycles. The molecule has 0 amide bonds. The van der Waals surface area contributed by atoms with Gasteiger partial charge in [0.15, 0.2) is 0 Å². The molecule has 5 aromatic carbocycles.